The quantitative estimate of drug-likeness (QED) is 0.173. The second-order valence-corrected chi connectivity index (χ2v) is 14.3. The fraction of sp³-hybridized carbons (Fsp3) is 0. The Balaban J connectivity index is 1.19. The summed E-state index contributed by atoms with van der Waals surface area (Å²) in [5.74, 6) is 0. The molecule has 250 valence electrons. The third kappa shape index (κ3) is 4.11. The van der Waals surface area contributed by atoms with Crippen molar-refractivity contribution in [2.75, 3.05) is 0 Å². The normalized spacial score (nSPS) is 12.1. The highest BCUT2D eigenvalue weighted by Gasteiger charge is 2.20. The third-order valence-electron chi connectivity index (χ3n) is 11.5. The lowest BCUT2D eigenvalue weighted by atomic mass is 9.85. The summed E-state index contributed by atoms with van der Waals surface area (Å²) in [4.78, 5) is 0. The Morgan fingerprint density at radius 1 is 0.241 bits per heavy atom. The predicted octanol–water partition coefficient (Wildman–Crippen LogP) is 15.1. The molecule has 12 rings (SSSR count). The number of para-hydroxylation sites is 2. The van der Waals surface area contributed by atoms with E-state index in [1.165, 1.54) is 87.2 Å². The van der Waals surface area contributed by atoms with Crippen LogP contribution in [-0.4, -0.2) is 0 Å². The minimum atomic E-state index is 0.913. The Morgan fingerprint density at radius 3 is 1.15 bits per heavy atom. The molecule has 10 aromatic carbocycles. The maximum atomic E-state index is 6.31. The molecule has 0 aliphatic carbocycles. The van der Waals surface area contributed by atoms with E-state index >= 15 is 0 Å². The van der Waals surface area contributed by atoms with Crippen molar-refractivity contribution in [3.63, 3.8) is 0 Å². The van der Waals surface area contributed by atoms with Crippen LogP contribution >= 0.6 is 0 Å². The predicted molar refractivity (Wildman–Crippen MR) is 227 cm³/mol. The molecular weight excluding hydrogens is 657 g/mol. The molecular formula is C52H30O2. The van der Waals surface area contributed by atoms with Gasteiger partial charge >= 0.3 is 0 Å². The number of hydrogen-bond donors (Lipinski definition) is 0. The van der Waals surface area contributed by atoms with Gasteiger partial charge in [0.1, 0.15) is 22.3 Å². The van der Waals surface area contributed by atoms with Gasteiger partial charge in [0, 0.05) is 21.5 Å². The molecule has 0 atom stereocenters. The van der Waals surface area contributed by atoms with Crippen molar-refractivity contribution >= 4 is 87.0 Å². The van der Waals surface area contributed by atoms with Gasteiger partial charge in [0.15, 0.2) is 0 Å². The maximum Gasteiger partial charge on any atom is 0.136 e. The molecule has 0 aliphatic heterocycles. The van der Waals surface area contributed by atoms with Crippen LogP contribution < -0.4 is 0 Å². The molecule has 0 unspecified atom stereocenters. The van der Waals surface area contributed by atoms with Gasteiger partial charge in [-0.05, 0) is 107 Å². The van der Waals surface area contributed by atoms with Crippen molar-refractivity contribution < 1.29 is 8.83 Å². The Morgan fingerprint density at radius 2 is 0.648 bits per heavy atom. The van der Waals surface area contributed by atoms with Crippen LogP contribution in [0.4, 0.5) is 0 Å². The fourth-order valence-electron chi connectivity index (χ4n) is 9.18. The maximum absolute atomic E-state index is 6.31. The molecule has 12 aromatic rings. The first-order valence-electron chi connectivity index (χ1n) is 18.5. The molecule has 0 spiro atoms. The van der Waals surface area contributed by atoms with E-state index < -0.39 is 0 Å². The second-order valence-electron chi connectivity index (χ2n) is 14.3. The highest BCUT2D eigenvalue weighted by Crippen LogP contribution is 2.47. The van der Waals surface area contributed by atoms with Gasteiger partial charge in [-0.3, -0.25) is 0 Å². The van der Waals surface area contributed by atoms with Gasteiger partial charge in [-0.15, -0.1) is 0 Å². The molecule has 0 radical (unpaired) electrons. The van der Waals surface area contributed by atoms with Crippen LogP contribution in [0.2, 0.25) is 0 Å². The van der Waals surface area contributed by atoms with Gasteiger partial charge in [0.2, 0.25) is 0 Å². The lowest BCUT2D eigenvalue weighted by molar-refractivity contribution is 0.669. The standard InChI is InChI=1S/C52H30O2/c1-2-12-31(13-3-1)50-40-22-10-18-34(32-16-8-20-38-36(32)26-28-48-51(38)42-14-4-6-24-46(42)53-48)44(40)30-45-35(19-11-23-41(45)50)33-17-9-21-39-37(33)27-29-49-52(39)43-15-5-7-25-47(43)54-49/h1-30H. The molecule has 2 nitrogen and oxygen atoms in total. The van der Waals surface area contributed by atoms with E-state index in [1.807, 2.05) is 12.1 Å². The van der Waals surface area contributed by atoms with E-state index in [0.717, 1.165) is 33.1 Å². The van der Waals surface area contributed by atoms with Crippen molar-refractivity contribution in [3.8, 4) is 33.4 Å². The van der Waals surface area contributed by atoms with Crippen LogP contribution in [0.25, 0.3) is 120 Å². The average molecular weight is 687 g/mol. The van der Waals surface area contributed by atoms with Crippen molar-refractivity contribution in [3.05, 3.63) is 182 Å². The summed E-state index contributed by atoms with van der Waals surface area (Å²) < 4.78 is 12.6. The van der Waals surface area contributed by atoms with Crippen LogP contribution in [0, 0.1) is 0 Å². The first-order valence-corrected chi connectivity index (χ1v) is 18.5. The van der Waals surface area contributed by atoms with Crippen LogP contribution in [-0.2, 0) is 0 Å². The first kappa shape index (κ1) is 29.4. The van der Waals surface area contributed by atoms with E-state index in [2.05, 4.69) is 170 Å². The minimum absolute atomic E-state index is 0.913. The molecule has 0 fully saturated rings. The van der Waals surface area contributed by atoms with Crippen LogP contribution in [0.3, 0.4) is 0 Å². The number of fused-ring (bicyclic) bond motifs is 12. The molecule has 0 amide bonds. The monoisotopic (exact) mass is 686 g/mol. The van der Waals surface area contributed by atoms with Crippen molar-refractivity contribution in [1.82, 2.24) is 0 Å². The van der Waals surface area contributed by atoms with E-state index in [-0.39, 0.29) is 0 Å². The Labute approximate surface area is 310 Å². The molecule has 54 heavy (non-hydrogen) atoms. The van der Waals surface area contributed by atoms with E-state index in [0.29, 0.717) is 0 Å². The lowest BCUT2D eigenvalue weighted by Gasteiger charge is -2.18. The van der Waals surface area contributed by atoms with Crippen molar-refractivity contribution in [2.45, 2.75) is 0 Å². The lowest BCUT2D eigenvalue weighted by Crippen LogP contribution is -1.91. The molecule has 0 saturated heterocycles. The Bertz CT molecular complexity index is 3280. The molecule has 0 saturated carbocycles. The molecule has 0 N–H and O–H groups in total. The Hall–Kier alpha value is -7.16. The summed E-state index contributed by atoms with van der Waals surface area (Å²) >= 11 is 0. The number of furan rings is 2. The van der Waals surface area contributed by atoms with E-state index in [4.69, 9.17) is 8.83 Å². The van der Waals surface area contributed by atoms with E-state index in [9.17, 15) is 0 Å². The van der Waals surface area contributed by atoms with Crippen LogP contribution in [0.1, 0.15) is 0 Å². The van der Waals surface area contributed by atoms with Gasteiger partial charge in [0.25, 0.3) is 0 Å². The smallest absolute Gasteiger partial charge is 0.136 e. The van der Waals surface area contributed by atoms with Crippen LogP contribution in [0.5, 0.6) is 0 Å². The van der Waals surface area contributed by atoms with Crippen molar-refractivity contribution in [2.24, 2.45) is 0 Å². The SMILES string of the molecule is c1ccc(-c2c3cccc(-c4cccc5c4ccc4oc6ccccc6c45)c3cc3c(-c4cccc5c4ccc4oc6ccccc6c45)cccc23)cc1. The van der Waals surface area contributed by atoms with Gasteiger partial charge in [-0.1, -0.05) is 152 Å². The number of rotatable bonds is 3. The summed E-state index contributed by atoms with van der Waals surface area (Å²) in [6, 6.07) is 65.7. The van der Waals surface area contributed by atoms with E-state index in [1.54, 1.807) is 0 Å². The molecule has 2 aromatic heterocycles. The zero-order valence-electron chi connectivity index (χ0n) is 29.1. The summed E-state index contributed by atoms with van der Waals surface area (Å²) in [5, 5.41) is 14.4. The zero-order valence-corrected chi connectivity index (χ0v) is 29.1. The topological polar surface area (TPSA) is 26.3 Å². The first-order chi connectivity index (χ1) is 26.8. The number of hydrogen-bond acceptors (Lipinski definition) is 2. The van der Waals surface area contributed by atoms with Gasteiger partial charge in [-0.2, -0.15) is 0 Å². The summed E-state index contributed by atoms with van der Waals surface area (Å²) in [7, 11) is 0. The molecule has 2 heterocycles. The summed E-state index contributed by atoms with van der Waals surface area (Å²) in [6.45, 7) is 0. The van der Waals surface area contributed by atoms with Gasteiger partial charge < -0.3 is 8.83 Å². The van der Waals surface area contributed by atoms with Gasteiger partial charge in [-0.25, -0.2) is 0 Å². The number of benzene rings is 10. The largest absolute Gasteiger partial charge is 0.456 e. The highest BCUT2D eigenvalue weighted by atomic mass is 16.3. The minimum Gasteiger partial charge on any atom is -0.456 e. The molecule has 0 bridgehead atoms. The zero-order chi connectivity index (χ0) is 35.3. The highest BCUT2D eigenvalue weighted by molar-refractivity contribution is 6.26. The second kappa shape index (κ2) is 11.2. The summed E-state index contributed by atoms with van der Waals surface area (Å²) in [6.07, 6.45) is 0. The molecule has 2 heteroatoms. The third-order valence-corrected chi connectivity index (χ3v) is 11.5. The molecule has 0 aliphatic rings. The van der Waals surface area contributed by atoms with Crippen LogP contribution in [0.15, 0.2) is 191 Å². The average Bonchev–Trinajstić information content (AvgIpc) is 3.81. The summed E-state index contributed by atoms with van der Waals surface area (Å²) in [5.41, 5.74) is 10.9. The van der Waals surface area contributed by atoms with Gasteiger partial charge in [0.05, 0.1) is 0 Å². The Kier molecular flexibility index (Phi) is 6.09. The van der Waals surface area contributed by atoms with Crippen molar-refractivity contribution in [1.29, 1.82) is 0 Å². The fourth-order valence-corrected chi connectivity index (χ4v) is 9.18.